The van der Waals surface area contributed by atoms with Crippen molar-refractivity contribution in [3.8, 4) is 0 Å². The monoisotopic (exact) mass is 349 g/mol. The molecule has 20 heavy (non-hydrogen) atoms. The van der Waals surface area contributed by atoms with Crippen LogP contribution in [0, 0.1) is 6.92 Å². The van der Waals surface area contributed by atoms with Gasteiger partial charge in [0.25, 0.3) is 0 Å². The van der Waals surface area contributed by atoms with Crippen LogP contribution in [-0.2, 0) is 6.42 Å². The lowest BCUT2D eigenvalue weighted by Crippen LogP contribution is -2.27. The first kappa shape index (κ1) is 14.3. The second-order valence-electron chi connectivity index (χ2n) is 5.67. The van der Waals surface area contributed by atoms with Gasteiger partial charge in [0.15, 0.2) is 0 Å². The summed E-state index contributed by atoms with van der Waals surface area (Å²) in [6.45, 7) is 4.40. The molecule has 2 atom stereocenters. The maximum atomic E-state index is 3.81. The predicted octanol–water partition coefficient (Wildman–Crippen LogP) is 5.55. The van der Waals surface area contributed by atoms with Crippen molar-refractivity contribution in [2.24, 2.45) is 0 Å². The molecule has 0 fully saturated rings. The van der Waals surface area contributed by atoms with Crippen LogP contribution in [0.4, 0.5) is 0 Å². The van der Waals surface area contributed by atoms with E-state index in [4.69, 9.17) is 0 Å². The number of rotatable bonds is 3. The van der Waals surface area contributed by atoms with Gasteiger partial charge in [0.05, 0.1) is 3.79 Å². The second-order valence-corrected chi connectivity index (χ2v) is 8.19. The van der Waals surface area contributed by atoms with E-state index in [9.17, 15) is 0 Å². The number of nitrogens with one attached hydrogen (secondary N) is 1. The highest BCUT2D eigenvalue weighted by Crippen LogP contribution is 2.38. The molecule has 0 amide bonds. The normalized spacial score (nSPS) is 19.6. The lowest BCUT2D eigenvalue weighted by atomic mass is 9.93. The van der Waals surface area contributed by atoms with Crippen molar-refractivity contribution in [2.75, 3.05) is 0 Å². The molecule has 0 saturated carbocycles. The average Bonchev–Trinajstić information content (AvgIpc) is 2.81. The Bertz CT molecular complexity index is 588. The summed E-state index contributed by atoms with van der Waals surface area (Å²) in [7, 11) is 0. The third-order valence-electron chi connectivity index (χ3n) is 4.11. The first-order chi connectivity index (χ1) is 9.63. The first-order valence-electron chi connectivity index (χ1n) is 7.24. The van der Waals surface area contributed by atoms with E-state index in [-0.39, 0.29) is 0 Å². The maximum Gasteiger partial charge on any atom is 0.0704 e. The average molecular weight is 350 g/mol. The summed E-state index contributed by atoms with van der Waals surface area (Å²) >= 11 is 5.53. The van der Waals surface area contributed by atoms with Gasteiger partial charge >= 0.3 is 0 Å². The van der Waals surface area contributed by atoms with Crippen LogP contribution in [0.15, 0.2) is 34.1 Å². The third-order valence-corrected chi connectivity index (χ3v) is 5.83. The second kappa shape index (κ2) is 6.00. The zero-order chi connectivity index (χ0) is 14.1. The standard InChI is InChI=1S/C17H20BrNS/c1-11-6-8-13(9-7-11)12(2)19-15-4-3-5-16-14(15)10-17(18)20-16/h6-10,12,15,19H,3-5H2,1-2H3/t12-,15?/m1/s1. The number of thiophene rings is 1. The van der Waals surface area contributed by atoms with Gasteiger partial charge in [-0.25, -0.2) is 0 Å². The van der Waals surface area contributed by atoms with Crippen molar-refractivity contribution in [3.05, 3.63) is 55.7 Å². The molecule has 106 valence electrons. The van der Waals surface area contributed by atoms with Crippen LogP contribution in [0.3, 0.4) is 0 Å². The van der Waals surface area contributed by atoms with Crippen molar-refractivity contribution < 1.29 is 0 Å². The molecule has 0 bridgehead atoms. The van der Waals surface area contributed by atoms with Crippen LogP contribution in [-0.4, -0.2) is 0 Å². The summed E-state index contributed by atoms with van der Waals surface area (Å²) in [6, 6.07) is 12.1. The van der Waals surface area contributed by atoms with Gasteiger partial charge in [-0.3, -0.25) is 0 Å². The minimum absolute atomic E-state index is 0.394. The fourth-order valence-corrected chi connectivity index (χ4v) is 4.77. The Kier molecular flexibility index (Phi) is 4.29. The fraction of sp³-hybridized carbons (Fsp3) is 0.412. The minimum Gasteiger partial charge on any atom is -0.303 e. The maximum absolute atomic E-state index is 3.81. The molecular weight excluding hydrogens is 330 g/mol. The van der Waals surface area contributed by atoms with Crippen molar-refractivity contribution in [1.29, 1.82) is 0 Å². The van der Waals surface area contributed by atoms with Crippen LogP contribution in [0.5, 0.6) is 0 Å². The van der Waals surface area contributed by atoms with Crippen molar-refractivity contribution in [1.82, 2.24) is 5.32 Å². The summed E-state index contributed by atoms with van der Waals surface area (Å²) in [6.07, 6.45) is 3.77. The highest BCUT2D eigenvalue weighted by atomic mass is 79.9. The molecule has 1 aliphatic rings. The highest BCUT2D eigenvalue weighted by molar-refractivity contribution is 9.11. The van der Waals surface area contributed by atoms with Crippen LogP contribution in [0.1, 0.15) is 53.4 Å². The van der Waals surface area contributed by atoms with Gasteiger partial charge < -0.3 is 5.32 Å². The smallest absolute Gasteiger partial charge is 0.0704 e. The van der Waals surface area contributed by atoms with Crippen LogP contribution in [0.2, 0.25) is 0 Å². The zero-order valence-electron chi connectivity index (χ0n) is 11.9. The van der Waals surface area contributed by atoms with Gasteiger partial charge in [-0.15, -0.1) is 11.3 Å². The molecule has 0 aliphatic heterocycles. The summed E-state index contributed by atoms with van der Waals surface area (Å²) in [5, 5.41) is 3.81. The van der Waals surface area contributed by atoms with E-state index in [0.29, 0.717) is 12.1 Å². The van der Waals surface area contributed by atoms with Crippen LogP contribution < -0.4 is 5.32 Å². The molecule has 3 heteroatoms. The summed E-state index contributed by atoms with van der Waals surface area (Å²) in [5.74, 6) is 0. The molecule has 1 aromatic heterocycles. The molecule has 1 unspecified atom stereocenters. The zero-order valence-corrected chi connectivity index (χ0v) is 14.4. The van der Waals surface area contributed by atoms with Crippen molar-refractivity contribution in [2.45, 2.75) is 45.2 Å². The van der Waals surface area contributed by atoms with E-state index < -0.39 is 0 Å². The Hall–Kier alpha value is -0.640. The topological polar surface area (TPSA) is 12.0 Å². The van der Waals surface area contributed by atoms with Crippen LogP contribution >= 0.6 is 27.3 Å². The van der Waals surface area contributed by atoms with Crippen molar-refractivity contribution in [3.63, 3.8) is 0 Å². The van der Waals surface area contributed by atoms with E-state index in [1.165, 1.54) is 39.7 Å². The number of fused-ring (bicyclic) bond motifs is 1. The Morgan fingerprint density at radius 1 is 1.30 bits per heavy atom. The number of benzene rings is 1. The summed E-state index contributed by atoms with van der Waals surface area (Å²) < 4.78 is 1.26. The van der Waals surface area contributed by atoms with E-state index in [2.05, 4.69) is 65.4 Å². The molecule has 1 heterocycles. The Balaban J connectivity index is 1.76. The third kappa shape index (κ3) is 3.00. The molecule has 1 aliphatic carbocycles. The molecule has 0 spiro atoms. The molecule has 3 rings (SSSR count). The Morgan fingerprint density at radius 2 is 2.05 bits per heavy atom. The highest BCUT2D eigenvalue weighted by Gasteiger charge is 2.23. The van der Waals surface area contributed by atoms with Gasteiger partial charge in [0, 0.05) is 17.0 Å². The van der Waals surface area contributed by atoms with Crippen molar-refractivity contribution >= 4 is 27.3 Å². The molecule has 0 radical (unpaired) electrons. The number of hydrogen-bond acceptors (Lipinski definition) is 2. The lowest BCUT2D eigenvalue weighted by Gasteiger charge is -2.27. The molecular formula is C17H20BrNS. The van der Waals surface area contributed by atoms with Gasteiger partial charge in [-0.1, -0.05) is 29.8 Å². The van der Waals surface area contributed by atoms with E-state index >= 15 is 0 Å². The van der Waals surface area contributed by atoms with Gasteiger partial charge in [0.1, 0.15) is 0 Å². The molecule has 1 N–H and O–H groups in total. The number of aryl methyl sites for hydroxylation is 2. The largest absolute Gasteiger partial charge is 0.303 e. The molecule has 1 nitrogen and oxygen atoms in total. The fourth-order valence-electron chi connectivity index (χ4n) is 2.95. The van der Waals surface area contributed by atoms with Gasteiger partial charge in [-0.2, -0.15) is 0 Å². The lowest BCUT2D eigenvalue weighted by molar-refractivity contribution is 0.418. The molecule has 0 saturated heterocycles. The van der Waals surface area contributed by atoms with Gasteiger partial charge in [0.2, 0.25) is 0 Å². The van der Waals surface area contributed by atoms with Gasteiger partial charge in [-0.05, 0) is 66.2 Å². The van der Waals surface area contributed by atoms with Crippen LogP contribution in [0.25, 0.3) is 0 Å². The SMILES string of the molecule is Cc1ccc([C@@H](C)NC2CCCc3sc(Br)cc32)cc1. The molecule has 2 aromatic rings. The van der Waals surface area contributed by atoms with E-state index in [1.807, 2.05) is 11.3 Å². The quantitative estimate of drug-likeness (QED) is 0.766. The predicted molar refractivity (Wildman–Crippen MR) is 90.4 cm³/mol. The Morgan fingerprint density at radius 3 is 2.80 bits per heavy atom. The van der Waals surface area contributed by atoms with E-state index in [0.717, 1.165) is 0 Å². The summed E-state index contributed by atoms with van der Waals surface area (Å²) in [5.41, 5.74) is 4.20. The minimum atomic E-state index is 0.394. The number of hydrogen-bond donors (Lipinski definition) is 1. The molecule has 1 aromatic carbocycles. The first-order valence-corrected chi connectivity index (χ1v) is 8.85. The Labute approximate surface area is 133 Å². The summed E-state index contributed by atoms with van der Waals surface area (Å²) in [4.78, 5) is 1.55. The van der Waals surface area contributed by atoms with E-state index in [1.54, 1.807) is 4.88 Å². The number of halogens is 1.